The van der Waals surface area contributed by atoms with Crippen molar-refractivity contribution in [3.63, 3.8) is 0 Å². The fraction of sp³-hybridized carbons (Fsp3) is 0.391. The number of Topliss-reactive ketones (excluding diaryl/α,β-unsaturated/α-hetero) is 1. The smallest absolute Gasteiger partial charge is 0.261 e. The monoisotopic (exact) mass is 423 g/mol. The summed E-state index contributed by atoms with van der Waals surface area (Å²) in [4.78, 5) is 54.9. The number of nitrogens with zero attached hydrogens (tertiary/aromatic N) is 1. The Kier molecular flexibility index (Phi) is 5.49. The molecule has 0 bridgehead atoms. The van der Waals surface area contributed by atoms with Crippen molar-refractivity contribution in [2.75, 3.05) is 31.6 Å². The van der Waals surface area contributed by atoms with Crippen LogP contribution < -0.4 is 10.9 Å². The number of benzene rings is 1. The van der Waals surface area contributed by atoms with Crippen LogP contribution in [-0.2, 0) is 11.2 Å². The van der Waals surface area contributed by atoms with Crippen LogP contribution in [0.15, 0.2) is 35.1 Å². The van der Waals surface area contributed by atoms with Crippen LogP contribution >= 0.6 is 0 Å². The fourth-order valence-corrected chi connectivity index (χ4v) is 4.07. The molecule has 1 fully saturated rings. The minimum atomic E-state index is -0.627. The lowest BCUT2D eigenvalue weighted by atomic mass is 9.75. The van der Waals surface area contributed by atoms with Crippen molar-refractivity contribution in [3.8, 4) is 0 Å². The van der Waals surface area contributed by atoms with Crippen LogP contribution in [0.5, 0.6) is 0 Å². The lowest BCUT2D eigenvalue weighted by molar-refractivity contribution is 0.0303. The highest BCUT2D eigenvalue weighted by atomic mass is 16.5. The molecular formula is C23H25N3O5. The number of ether oxygens (including phenoxy) is 1. The molecule has 162 valence electrons. The van der Waals surface area contributed by atoms with Crippen LogP contribution in [0.1, 0.15) is 57.0 Å². The molecule has 2 aliphatic rings. The van der Waals surface area contributed by atoms with Crippen molar-refractivity contribution in [1.82, 2.24) is 9.88 Å². The van der Waals surface area contributed by atoms with Gasteiger partial charge in [-0.3, -0.25) is 19.2 Å². The molecule has 31 heavy (non-hydrogen) atoms. The van der Waals surface area contributed by atoms with Crippen LogP contribution in [-0.4, -0.2) is 53.8 Å². The summed E-state index contributed by atoms with van der Waals surface area (Å²) in [5, 5.41) is 2.67. The van der Waals surface area contributed by atoms with Gasteiger partial charge in [0.1, 0.15) is 5.56 Å². The Bertz CT molecular complexity index is 1110. The molecule has 2 aromatic rings. The Morgan fingerprint density at radius 1 is 1.10 bits per heavy atom. The zero-order chi connectivity index (χ0) is 22.2. The van der Waals surface area contributed by atoms with E-state index < -0.39 is 11.5 Å². The van der Waals surface area contributed by atoms with Gasteiger partial charge < -0.3 is 19.9 Å². The maximum absolute atomic E-state index is 12.8. The zero-order valence-electron chi connectivity index (χ0n) is 17.6. The van der Waals surface area contributed by atoms with E-state index in [0.29, 0.717) is 61.7 Å². The quantitative estimate of drug-likeness (QED) is 0.787. The third kappa shape index (κ3) is 4.44. The van der Waals surface area contributed by atoms with Crippen LogP contribution in [0, 0.1) is 5.41 Å². The van der Waals surface area contributed by atoms with Crippen molar-refractivity contribution in [1.29, 1.82) is 0 Å². The van der Waals surface area contributed by atoms with Gasteiger partial charge in [-0.2, -0.15) is 0 Å². The average molecular weight is 423 g/mol. The molecule has 2 amide bonds. The van der Waals surface area contributed by atoms with Gasteiger partial charge in [0.25, 0.3) is 17.4 Å². The van der Waals surface area contributed by atoms with Crippen molar-refractivity contribution in [2.24, 2.45) is 5.41 Å². The molecule has 0 spiro atoms. The topological polar surface area (TPSA) is 109 Å². The number of rotatable bonds is 3. The third-order valence-electron chi connectivity index (χ3n) is 5.63. The van der Waals surface area contributed by atoms with E-state index in [0.717, 1.165) is 0 Å². The van der Waals surface area contributed by atoms with Crippen molar-refractivity contribution < 1.29 is 19.1 Å². The lowest BCUT2D eigenvalue weighted by Gasteiger charge is -2.29. The predicted octanol–water partition coefficient (Wildman–Crippen LogP) is 2.25. The number of H-pyrrole nitrogens is 1. The van der Waals surface area contributed by atoms with Gasteiger partial charge in [0, 0.05) is 42.0 Å². The van der Waals surface area contributed by atoms with Crippen LogP contribution in [0.3, 0.4) is 0 Å². The molecule has 2 N–H and O–H groups in total. The number of pyridine rings is 1. The largest absolute Gasteiger partial charge is 0.378 e. The SMILES string of the molecule is CC1(C)CC(=O)c2cc(C(=O)Nc3cccc(C(=O)N4CCOCC4)c3)c(=O)[nH]c2C1. The molecule has 1 aliphatic heterocycles. The summed E-state index contributed by atoms with van der Waals surface area (Å²) in [6.45, 7) is 5.98. The summed E-state index contributed by atoms with van der Waals surface area (Å²) in [5.74, 6) is -0.855. The molecule has 0 radical (unpaired) electrons. The molecule has 0 saturated carbocycles. The minimum absolute atomic E-state index is 0.0883. The van der Waals surface area contributed by atoms with Crippen LogP contribution in [0.25, 0.3) is 0 Å². The maximum atomic E-state index is 12.8. The highest BCUT2D eigenvalue weighted by Gasteiger charge is 2.32. The Morgan fingerprint density at radius 2 is 1.84 bits per heavy atom. The normalized spacial score (nSPS) is 17.7. The number of anilines is 1. The van der Waals surface area contributed by atoms with E-state index in [1.54, 1.807) is 29.2 Å². The molecule has 4 rings (SSSR count). The molecule has 0 unspecified atom stereocenters. The number of fused-ring (bicyclic) bond motifs is 1. The van der Waals surface area contributed by atoms with Gasteiger partial charge in [0.2, 0.25) is 0 Å². The standard InChI is InChI=1S/C23H25N3O5/c1-23(2)12-18-16(19(27)13-23)11-17(21(29)25-18)20(28)24-15-5-3-4-14(10-15)22(30)26-6-8-31-9-7-26/h3-5,10-11H,6-9,12-13H2,1-2H3,(H,24,28)(H,25,29). The number of hydrogen-bond donors (Lipinski definition) is 2. The van der Waals surface area contributed by atoms with Crippen molar-refractivity contribution in [2.45, 2.75) is 26.7 Å². The third-order valence-corrected chi connectivity index (χ3v) is 5.63. The van der Waals surface area contributed by atoms with Gasteiger partial charge in [0.05, 0.1) is 13.2 Å². The molecule has 1 aromatic carbocycles. The number of aromatic nitrogens is 1. The first-order chi connectivity index (χ1) is 14.7. The van der Waals surface area contributed by atoms with E-state index in [1.807, 2.05) is 13.8 Å². The van der Waals surface area contributed by atoms with E-state index in [1.165, 1.54) is 6.07 Å². The van der Waals surface area contributed by atoms with E-state index in [2.05, 4.69) is 10.3 Å². The summed E-state index contributed by atoms with van der Waals surface area (Å²) >= 11 is 0. The molecule has 0 atom stereocenters. The summed E-state index contributed by atoms with van der Waals surface area (Å²) < 4.78 is 5.27. The number of morpholine rings is 1. The summed E-state index contributed by atoms with van der Waals surface area (Å²) in [6, 6.07) is 7.96. The van der Waals surface area contributed by atoms with Crippen LogP contribution in [0.2, 0.25) is 0 Å². The first kappa shape index (κ1) is 21.0. The first-order valence-corrected chi connectivity index (χ1v) is 10.3. The van der Waals surface area contributed by atoms with Crippen LogP contribution in [0.4, 0.5) is 5.69 Å². The summed E-state index contributed by atoms with van der Waals surface area (Å²) in [6.07, 6.45) is 0.926. The second-order valence-corrected chi connectivity index (χ2v) is 8.78. The Hall–Kier alpha value is -3.26. The number of carbonyl (C=O) groups excluding carboxylic acids is 3. The Labute approximate surface area is 179 Å². The van der Waals surface area contributed by atoms with E-state index >= 15 is 0 Å². The molecule has 1 saturated heterocycles. The molecule has 8 heteroatoms. The lowest BCUT2D eigenvalue weighted by Crippen LogP contribution is -2.40. The zero-order valence-corrected chi connectivity index (χ0v) is 17.6. The number of aromatic amines is 1. The highest BCUT2D eigenvalue weighted by Crippen LogP contribution is 2.33. The average Bonchev–Trinajstić information content (AvgIpc) is 2.72. The molecule has 2 heterocycles. The number of amides is 2. The van der Waals surface area contributed by atoms with Gasteiger partial charge in [-0.1, -0.05) is 19.9 Å². The molecule has 1 aromatic heterocycles. The Balaban J connectivity index is 1.55. The van der Waals surface area contributed by atoms with Crippen molar-refractivity contribution >= 4 is 23.3 Å². The highest BCUT2D eigenvalue weighted by molar-refractivity contribution is 6.07. The van der Waals surface area contributed by atoms with Gasteiger partial charge in [-0.25, -0.2) is 0 Å². The number of carbonyl (C=O) groups is 3. The van der Waals surface area contributed by atoms with Gasteiger partial charge in [-0.15, -0.1) is 0 Å². The second kappa shape index (κ2) is 8.11. The summed E-state index contributed by atoms with van der Waals surface area (Å²) in [5.41, 5.74) is 0.898. The first-order valence-electron chi connectivity index (χ1n) is 10.3. The number of nitrogens with one attached hydrogen (secondary N) is 2. The fourth-order valence-electron chi connectivity index (χ4n) is 4.07. The summed E-state index contributed by atoms with van der Waals surface area (Å²) in [7, 11) is 0. The van der Waals surface area contributed by atoms with E-state index in [4.69, 9.17) is 4.74 Å². The maximum Gasteiger partial charge on any atom is 0.261 e. The number of hydrogen-bond acceptors (Lipinski definition) is 5. The van der Waals surface area contributed by atoms with E-state index in [9.17, 15) is 19.2 Å². The second-order valence-electron chi connectivity index (χ2n) is 8.78. The van der Waals surface area contributed by atoms with Gasteiger partial charge in [0.15, 0.2) is 5.78 Å². The predicted molar refractivity (Wildman–Crippen MR) is 115 cm³/mol. The molecule has 1 aliphatic carbocycles. The van der Waals surface area contributed by atoms with E-state index in [-0.39, 0.29) is 22.7 Å². The molecular weight excluding hydrogens is 398 g/mol. The van der Waals surface area contributed by atoms with Gasteiger partial charge >= 0.3 is 0 Å². The number of ketones is 1. The minimum Gasteiger partial charge on any atom is -0.378 e. The van der Waals surface area contributed by atoms with Gasteiger partial charge in [-0.05, 0) is 36.1 Å². The van der Waals surface area contributed by atoms with Crippen molar-refractivity contribution in [3.05, 3.63) is 63.1 Å². The Morgan fingerprint density at radius 3 is 2.58 bits per heavy atom. The molecule has 8 nitrogen and oxygen atoms in total.